The van der Waals surface area contributed by atoms with Gasteiger partial charge in [0.1, 0.15) is 0 Å². The molecule has 1 aromatic rings. The minimum absolute atomic E-state index is 0.180. The number of aromatic carboxylic acids is 1. The van der Waals surface area contributed by atoms with Crippen molar-refractivity contribution in [2.45, 2.75) is 50.7 Å². The van der Waals surface area contributed by atoms with E-state index in [9.17, 15) is 22.2 Å². The molecule has 1 aromatic carbocycles. The van der Waals surface area contributed by atoms with Crippen molar-refractivity contribution in [3.63, 3.8) is 0 Å². The lowest BCUT2D eigenvalue weighted by Gasteiger charge is -2.32. The summed E-state index contributed by atoms with van der Waals surface area (Å²) in [5.74, 6) is -1.36. The Morgan fingerprint density at radius 1 is 1.17 bits per heavy atom. The van der Waals surface area contributed by atoms with Crippen LogP contribution in [-0.2, 0) is 19.5 Å². The number of halogens is 1. The second-order valence-electron chi connectivity index (χ2n) is 6.52. The first-order chi connectivity index (χ1) is 10.3. The lowest BCUT2D eigenvalue weighted by atomic mass is 9.75. The fraction of sp³-hybridized carbons (Fsp3) is 0.500. The van der Waals surface area contributed by atoms with Crippen molar-refractivity contribution in [1.29, 1.82) is 0 Å². The van der Waals surface area contributed by atoms with Crippen molar-refractivity contribution in [3.05, 3.63) is 23.3 Å². The number of rotatable bonds is 3. The smallest absolute Gasteiger partial charge is 0.478 e. The molecule has 0 saturated carbocycles. The van der Waals surface area contributed by atoms with Crippen LogP contribution in [0.2, 0.25) is 0 Å². The van der Waals surface area contributed by atoms with Crippen molar-refractivity contribution in [2.75, 3.05) is 0 Å². The van der Waals surface area contributed by atoms with Gasteiger partial charge in [0.25, 0.3) is 0 Å². The highest BCUT2D eigenvalue weighted by molar-refractivity contribution is 7.86. The molecule has 0 amide bonds. The summed E-state index contributed by atoms with van der Waals surface area (Å²) >= 11 is 0. The molecule has 126 valence electrons. The summed E-state index contributed by atoms with van der Waals surface area (Å²) in [6.45, 7) is 8.71. The maximum Gasteiger partial charge on any atom is 0.495 e. The van der Waals surface area contributed by atoms with Gasteiger partial charge < -0.3 is 14.4 Å². The average molecular weight is 344 g/mol. The molecule has 2 rings (SSSR count). The highest BCUT2D eigenvalue weighted by Gasteiger charge is 2.52. The molecular formula is C14H18BFO6S. The lowest BCUT2D eigenvalue weighted by molar-refractivity contribution is 0.00578. The second kappa shape index (κ2) is 5.29. The molecule has 1 heterocycles. The monoisotopic (exact) mass is 344 g/mol. The third kappa shape index (κ3) is 3.13. The van der Waals surface area contributed by atoms with Crippen molar-refractivity contribution < 1.29 is 31.5 Å². The molecule has 0 aromatic heterocycles. The first kappa shape index (κ1) is 17.9. The van der Waals surface area contributed by atoms with Crippen LogP contribution < -0.4 is 5.46 Å². The van der Waals surface area contributed by atoms with E-state index >= 15 is 0 Å². The number of carboxylic acids is 1. The quantitative estimate of drug-likeness (QED) is 0.662. The van der Waals surface area contributed by atoms with Crippen LogP contribution in [0.25, 0.3) is 0 Å². The van der Waals surface area contributed by atoms with Gasteiger partial charge in [-0.3, -0.25) is 0 Å². The normalized spacial score (nSPS) is 19.8. The van der Waals surface area contributed by atoms with Crippen molar-refractivity contribution in [1.82, 2.24) is 0 Å². The van der Waals surface area contributed by atoms with Gasteiger partial charge in [-0.15, -0.1) is 3.89 Å². The first-order valence-corrected chi connectivity index (χ1v) is 8.33. The highest BCUT2D eigenvalue weighted by Crippen LogP contribution is 2.37. The number of hydrogen-bond acceptors (Lipinski definition) is 5. The fourth-order valence-electron chi connectivity index (χ4n) is 2.29. The number of hydrogen-bond donors (Lipinski definition) is 1. The molecular weight excluding hydrogens is 326 g/mol. The molecule has 0 spiro atoms. The van der Waals surface area contributed by atoms with Crippen LogP contribution in [0.4, 0.5) is 3.89 Å². The predicted octanol–water partition coefficient (Wildman–Crippen LogP) is 1.65. The van der Waals surface area contributed by atoms with Crippen LogP contribution >= 0.6 is 0 Å². The highest BCUT2D eigenvalue weighted by atomic mass is 32.3. The number of carbonyl (C=O) groups is 1. The zero-order valence-electron chi connectivity index (χ0n) is 13.5. The van der Waals surface area contributed by atoms with Gasteiger partial charge in [-0.25, -0.2) is 4.79 Å². The zero-order chi connectivity index (χ0) is 17.8. The standard InChI is InChI=1S/C14H18BFO6S/c1-8-10(12(17)18)6-9(23(16,19)20)7-11(8)15-21-13(2,3)14(4,5)22-15/h6-7H,1-5H3,(H,17,18). The minimum atomic E-state index is -5.06. The maximum atomic E-state index is 13.4. The van der Waals surface area contributed by atoms with E-state index in [-0.39, 0.29) is 16.6 Å². The molecule has 1 saturated heterocycles. The summed E-state index contributed by atoms with van der Waals surface area (Å²) in [6.07, 6.45) is 0. The Bertz CT molecular complexity index is 756. The van der Waals surface area contributed by atoms with E-state index in [1.807, 2.05) is 0 Å². The van der Waals surface area contributed by atoms with Gasteiger partial charge in [0, 0.05) is 0 Å². The van der Waals surface area contributed by atoms with Crippen LogP contribution in [0.3, 0.4) is 0 Å². The van der Waals surface area contributed by atoms with E-state index in [2.05, 4.69) is 0 Å². The molecule has 0 bridgehead atoms. The maximum absolute atomic E-state index is 13.4. The molecule has 1 fully saturated rings. The van der Waals surface area contributed by atoms with E-state index in [0.29, 0.717) is 0 Å². The van der Waals surface area contributed by atoms with Crippen LogP contribution in [0.5, 0.6) is 0 Å². The van der Waals surface area contributed by atoms with E-state index in [1.54, 1.807) is 27.7 Å². The van der Waals surface area contributed by atoms with Gasteiger partial charge >= 0.3 is 23.3 Å². The summed E-state index contributed by atoms with van der Waals surface area (Å²) < 4.78 is 47.4. The third-order valence-corrected chi connectivity index (χ3v) is 5.24. The van der Waals surface area contributed by atoms with Crippen LogP contribution in [0, 0.1) is 6.92 Å². The molecule has 23 heavy (non-hydrogen) atoms. The SMILES string of the molecule is Cc1c(B2OC(C)(C)C(C)(C)O2)cc(S(=O)(=O)F)cc1C(=O)O. The first-order valence-electron chi connectivity index (χ1n) is 6.94. The van der Waals surface area contributed by atoms with Crippen molar-refractivity contribution in [3.8, 4) is 0 Å². The van der Waals surface area contributed by atoms with E-state index < -0.39 is 39.4 Å². The van der Waals surface area contributed by atoms with E-state index in [0.717, 1.165) is 12.1 Å². The Balaban J connectivity index is 2.64. The summed E-state index contributed by atoms with van der Waals surface area (Å²) in [6, 6.07) is 1.85. The van der Waals surface area contributed by atoms with Crippen LogP contribution in [0.1, 0.15) is 43.6 Å². The molecule has 0 radical (unpaired) electrons. The van der Waals surface area contributed by atoms with Gasteiger partial charge in [0.05, 0.1) is 21.7 Å². The Morgan fingerprint density at radius 2 is 1.65 bits per heavy atom. The number of carboxylic acid groups (broad SMARTS) is 1. The summed E-state index contributed by atoms with van der Waals surface area (Å²) in [7, 11) is -6.05. The largest absolute Gasteiger partial charge is 0.495 e. The third-order valence-electron chi connectivity index (χ3n) is 4.44. The zero-order valence-corrected chi connectivity index (χ0v) is 14.3. The Labute approximate surface area is 135 Å². The minimum Gasteiger partial charge on any atom is -0.478 e. The molecule has 6 nitrogen and oxygen atoms in total. The van der Waals surface area contributed by atoms with Gasteiger partial charge in [0.2, 0.25) is 0 Å². The van der Waals surface area contributed by atoms with Gasteiger partial charge in [-0.1, -0.05) is 0 Å². The molecule has 1 aliphatic heterocycles. The van der Waals surface area contributed by atoms with Crippen molar-refractivity contribution in [2.24, 2.45) is 0 Å². The molecule has 0 atom stereocenters. The average Bonchev–Trinajstić information content (AvgIpc) is 2.56. The summed E-state index contributed by atoms with van der Waals surface area (Å²) in [5.41, 5.74) is -1.26. The predicted molar refractivity (Wildman–Crippen MR) is 82.1 cm³/mol. The second-order valence-corrected chi connectivity index (χ2v) is 7.86. The molecule has 0 aliphatic carbocycles. The Hall–Kier alpha value is -1.45. The topological polar surface area (TPSA) is 89.9 Å². The molecule has 1 N–H and O–H groups in total. The van der Waals surface area contributed by atoms with Crippen LogP contribution in [-0.4, -0.2) is 37.8 Å². The van der Waals surface area contributed by atoms with Gasteiger partial charge in [-0.2, -0.15) is 8.42 Å². The molecule has 1 aliphatic rings. The lowest BCUT2D eigenvalue weighted by Crippen LogP contribution is -2.41. The Morgan fingerprint density at radius 3 is 2.04 bits per heavy atom. The van der Waals surface area contributed by atoms with Gasteiger partial charge in [0.15, 0.2) is 0 Å². The van der Waals surface area contributed by atoms with Crippen molar-refractivity contribution >= 4 is 28.8 Å². The van der Waals surface area contributed by atoms with Crippen LogP contribution in [0.15, 0.2) is 17.0 Å². The molecule has 0 unspecified atom stereocenters. The number of benzene rings is 1. The molecule has 9 heteroatoms. The van der Waals surface area contributed by atoms with E-state index in [4.69, 9.17) is 9.31 Å². The Kier molecular flexibility index (Phi) is 4.12. The summed E-state index contributed by atoms with van der Waals surface area (Å²) in [4.78, 5) is 10.6. The summed E-state index contributed by atoms with van der Waals surface area (Å²) in [5, 5.41) is 9.23. The van der Waals surface area contributed by atoms with Gasteiger partial charge in [-0.05, 0) is 57.8 Å². The van der Waals surface area contributed by atoms with E-state index in [1.165, 1.54) is 6.92 Å². The fourth-order valence-corrected chi connectivity index (χ4v) is 2.81.